The van der Waals surface area contributed by atoms with E-state index >= 15 is 0 Å². The summed E-state index contributed by atoms with van der Waals surface area (Å²) in [4.78, 5) is 3.34. The fourth-order valence-corrected chi connectivity index (χ4v) is 4.42. The summed E-state index contributed by atoms with van der Waals surface area (Å²) in [6.45, 7) is 0. The summed E-state index contributed by atoms with van der Waals surface area (Å²) in [5.41, 5.74) is 3.05. The Kier molecular flexibility index (Phi) is 3.83. The molecule has 0 aliphatic heterocycles. The lowest BCUT2D eigenvalue weighted by Crippen LogP contribution is -1.99. The van der Waals surface area contributed by atoms with Crippen molar-refractivity contribution >= 4 is 22.7 Å². The molecule has 4 heterocycles. The van der Waals surface area contributed by atoms with Crippen LogP contribution in [0.4, 0.5) is 0 Å². The fraction of sp³-hybridized carbons (Fsp3) is 0.190. The molecule has 1 aliphatic rings. The highest BCUT2D eigenvalue weighted by molar-refractivity contribution is 7.98. The molecule has 5 aromatic rings. The van der Waals surface area contributed by atoms with Gasteiger partial charge in [0.25, 0.3) is 0 Å². The minimum atomic E-state index is 0.465. The van der Waals surface area contributed by atoms with Crippen LogP contribution in [0, 0.1) is 0 Å². The number of hydrogen-bond donors (Lipinski definition) is 1. The normalized spacial score (nSPS) is 14.1. The first-order chi connectivity index (χ1) is 14.4. The summed E-state index contributed by atoms with van der Waals surface area (Å²) in [5.74, 6) is 2.89. The van der Waals surface area contributed by atoms with E-state index in [1.54, 1.807) is 18.0 Å². The molecule has 0 radical (unpaired) electrons. The highest BCUT2D eigenvalue weighted by Gasteiger charge is 2.31. The standard InChI is InChI=1S/C21H17N5O2S/c1-2-5-17-15(4-1)16(11-22-17)20-23-24-21(26(20)14-7-8-14)29-12-13-10-19(28-25-13)18-6-3-9-27-18/h1-6,9-11,14,22H,7-8,12H2. The maximum atomic E-state index is 5.40. The average molecular weight is 403 g/mol. The van der Waals surface area contributed by atoms with Gasteiger partial charge in [-0.3, -0.25) is 4.57 Å². The number of aromatic nitrogens is 5. The van der Waals surface area contributed by atoms with Gasteiger partial charge in [0.2, 0.25) is 5.76 Å². The Balaban J connectivity index is 1.29. The number of aromatic amines is 1. The highest BCUT2D eigenvalue weighted by Crippen LogP contribution is 2.42. The average Bonchev–Trinajstić information content (AvgIpc) is 3.22. The van der Waals surface area contributed by atoms with Gasteiger partial charge in [-0.05, 0) is 31.0 Å². The number of nitrogens with one attached hydrogen (secondary N) is 1. The van der Waals surface area contributed by atoms with Gasteiger partial charge in [-0.1, -0.05) is 35.1 Å². The smallest absolute Gasteiger partial charge is 0.202 e. The number of rotatable bonds is 6. The van der Waals surface area contributed by atoms with Gasteiger partial charge in [-0.25, -0.2) is 0 Å². The van der Waals surface area contributed by atoms with Gasteiger partial charge in [0.15, 0.2) is 16.7 Å². The van der Waals surface area contributed by atoms with Crippen molar-refractivity contribution in [3.63, 3.8) is 0 Å². The van der Waals surface area contributed by atoms with Crippen molar-refractivity contribution in [1.82, 2.24) is 24.9 Å². The van der Waals surface area contributed by atoms with Gasteiger partial charge in [0.1, 0.15) is 0 Å². The fourth-order valence-electron chi connectivity index (χ4n) is 3.53. The van der Waals surface area contributed by atoms with Gasteiger partial charge in [-0.2, -0.15) is 0 Å². The van der Waals surface area contributed by atoms with E-state index in [0.29, 0.717) is 23.3 Å². The van der Waals surface area contributed by atoms with Crippen LogP contribution in [0.25, 0.3) is 33.8 Å². The van der Waals surface area contributed by atoms with Crippen LogP contribution in [0.2, 0.25) is 0 Å². The lowest BCUT2D eigenvalue weighted by atomic mass is 10.1. The molecule has 0 bridgehead atoms. The first-order valence-corrected chi connectivity index (χ1v) is 10.5. The van der Waals surface area contributed by atoms with Crippen LogP contribution < -0.4 is 0 Å². The van der Waals surface area contributed by atoms with Crippen molar-refractivity contribution < 1.29 is 8.94 Å². The quantitative estimate of drug-likeness (QED) is 0.387. The molecule has 0 amide bonds. The zero-order valence-corrected chi connectivity index (χ0v) is 16.2. The van der Waals surface area contributed by atoms with E-state index in [-0.39, 0.29) is 0 Å². The summed E-state index contributed by atoms with van der Waals surface area (Å²) in [6, 6.07) is 14.3. The molecule has 1 N–H and O–H groups in total. The zero-order chi connectivity index (χ0) is 19.2. The number of hydrogen-bond acceptors (Lipinski definition) is 6. The maximum absolute atomic E-state index is 5.40. The molecule has 0 spiro atoms. The van der Waals surface area contributed by atoms with Crippen LogP contribution in [0.1, 0.15) is 24.6 Å². The maximum Gasteiger partial charge on any atom is 0.202 e. The summed E-state index contributed by atoms with van der Waals surface area (Å²) in [6.07, 6.45) is 5.97. The third-order valence-corrected chi connectivity index (χ3v) is 6.06. The monoisotopic (exact) mass is 403 g/mol. The minimum absolute atomic E-state index is 0.465. The topological polar surface area (TPSA) is 85.7 Å². The molecule has 1 saturated carbocycles. The Hall–Kier alpha value is -3.26. The van der Waals surface area contributed by atoms with Gasteiger partial charge in [-0.15, -0.1) is 10.2 Å². The number of nitrogens with zero attached hydrogens (tertiary/aromatic N) is 4. The van der Waals surface area contributed by atoms with Crippen LogP contribution in [-0.2, 0) is 5.75 Å². The largest absolute Gasteiger partial charge is 0.461 e. The molecule has 0 saturated heterocycles. The third-order valence-electron chi connectivity index (χ3n) is 5.08. The molecule has 1 aromatic carbocycles. The molecule has 7 nitrogen and oxygen atoms in total. The number of thioether (sulfide) groups is 1. The summed E-state index contributed by atoms with van der Waals surface area (Å²) >= 11 is 1.63. The number of benzene rings is 1. The van der Waals surface area contributed by atoms with Crippen LogP contribution >= 0.6 is 11.8 Å². The van der Waals surface area contributed by atoms with Crippen molar-refractivity contribution in [1.29, 1.82) is 0 Å². The first kappa shape index (κ1) is 16.7. The number of H-pyrrole nitrogens is 1. The molecule has 1 aliphatic carbocycles. The van der Waals surface area contributed by atoms with Crippen molar-refractivity contribution in [2.75, 3.05) is 0 Å². The van der Waals surface area contributed by atoms with E-state index in [4.69, 9.17) is 8.94 Å². The van der Waals surface area contributed by atoms with E-state index < -0.39 is 0 Å². The summed E-state index contributed by atoms with van der Waals surface area (Å²) in [5, 5.41) is 15.3. The molecule has 8 heteroatoms. The van der Waals surface area contributed by atoms with Crippen LogP contribution in [0.5, 0.6) is 0 Å². The van der Waals surface area contributed by atoms with Crippen LogP contribution in [0.15, 0.2) is 69.0 Å². The molecular weight excluding hydrogens is 386 g/mol. The molecule has 29 heavy (non-hydrogen) atoms. The zero-order valence-electron chi connectivity index (χ0n) is 15.4. The second kappa shape index (κ2) is 6.66. The Morgan fingerprint density at radius 1 is 1.10 bits per heavy atom. The number of fused-ring (bicyclic) bond motifs is 1. The Labute approximate surface area is 170 Å². The molecule has 0 atom stereocenters. The summed E-state index contributed by atoms with van der Waals surface area (Å²) in [7, 11) is 0. The Bertz CT molecular complexity index is 1280. The predicted octanol–water partition coefficient (Wildman–Crippen LogP) is 5.30. The number of furan rings is 1. The van der Waals surface area contributed by atoms with Crippen molar-refractivity contribution in [3.05, 3.63) is 60.6 Å². The van der Waals surface area contributed by atoms with Crippen molar-refractivity contribution in [2.24, 2.45) is 0 Å². The van der Waals surface area contributed by atoms with Gasteiger partial charge in [0, 0.05) is 40.5 Å². The van der Waals surface area contributed by atoms with E-state index in [0.717, 1.165) is 46.0 Å². The van der Waals surface area contributed by atoms with Gasteiger partial charge < -0.3 is 13.9 Å². The second-order valence-electron chi connectivity index (χ2n) is 7.10. The second-order valence-corrected chi connectivity index (χ2v) is 8.05. The lowest BCUT2D eigenvalue weighted by Gasteiger charge is -2.07. The van der Waals surface area contributed by atoms with E-state index in [1.165, 1.54) is 0 Å². The lowest BCUT2D eigenvalue weighted by molar-refractivity contribution is 0.413. The van der Waals surface area contributed by atoms with E-state index in [2.05, 4.69) is 37.0 Å². The Morgan fingerprint density at radius 2 is 2.03 bits per heavy atom. The Morgan fingerprint density at radius 3 is 2.90 bits per heavy atom. The molecule has 144 valence electrons. The molecule has 6 rings (SSSR count). The van der Waals surface area contributed by atoms with E-state index in [9.17, 15) is 0 Å². The van der Waals surface area contributed by atoms with Crippen molar-refractivity contribution in [2.45, 2.75) is 29.8 Å². The van der Waals surface area contributed by atoms with E-state index in [1.807, 2.05) is 36.5 Å². The molecule has 0 unspecified atom stereocenters. The molecular formula is C21H17N5O2S. The highest BCUT2D eigenvalue weighted by atomic mass is 32.2. The molecule has 1 fully saturated rings. The summed E-state index contributed by atoms with van der Waals surface area (Å²) < 4.78 is 13.0. The van der Waals surface area contributed by atoms with Crippen LogP contribution in [-0.4, -0.2) is 24.9 Å². The predicted molar refractivity (Wildman–Crippen MR) is 109 cm³/mol. The van der Waals surface area contributed by atoms with Crippen molar-refractivity contribution in [3.8, 4) is 22.9 Å². The third kappa shape index (κ3) is 2.96. The SMILES string of the molecule is c1coc(-c2cc(CSc3nnc(-c4c[nH]c5ccccc45)n3C3CC3)no2)c1. The molecule has 4 aromatic heterocycles. The number of para-hydroxylation sites is 1. The first-order valence-electron chi connectivity index (χ1n) is 9.50. The van der Waals surface area contributed by atoms with Gasteiger partial charge in [0.05, 0.1) is 12.0 Å². The van der Waals surface area contributed by atoms with Gasteiger partial charge >= 0.3 is 0 Å². The van der Waals surface area contributed by atoms with Crippen LogP contribution in [0.3, 0.4) is 0 Å². The minimum Gasteiger partial charge on any atom is -0.461 e.